The number of alkyl halides is 1. The highest BCUT2D eigenvalue weighted by Crippen LogP contribution is 2.26. The molecule has 14 heavy (non-hydrogen) atoms. The highest BCUT2D eigenvalue weighted by atomic mass is 79.9. The van der Waals surface area contributed by atoms with Crippen molar-refractivity contribution in [2.45, 2.75) is 13.3 Å². The van der Waals surface area contributed by atoms with Crippen LogP contribution in [0.5, 0.6) is 5.75 Å². The van der Waals surface area contributed by atoms with Gasteiger partial charge in [-0.25, -0.2) is 4.39 Å². The van der Waals surface area contributed by atoms with Gasteiger partial charge < -0.3 is 4.74 Å². The van der Waals surface area contributed by atoms with E-state index in [2.05, 4.69) is 15.9 Å². The zero-order valence-corrected chi connectivity index (χ0v) is 9.30. The third-order valence-corrected chi connectivity index (χ3v) is 2.31. The predicted molar refractivity (Wildman–Crippen MR) is 55.1 cm³/mol. The molecule has 0 aliphatic rings. The summed E-state index contributed by atoms with van der Waals surface area (Å²) in [5.41, 5.74) is 0.823. The van der Waals surface area contributed by atoms with Gasteiger partial charge in [0, 0.05) is 6.42 Å². The molecule has 0 saturated carbocycles. The van der Waals surface area contributed by atoms with Crippen molar-refractivity contribution >= 4 is 21.7 Å². The minimum Gasteiger partial charge on any atom is -0.462 e. The minimum absolute atomic E-state index is 0.0681. The van der Waals surface area contributed by atoms with Crippen LogP contribution in [-0.4, -0.2) is 12.6 Å². The molecule has 0 aliphatic carbocycles. The molecule has 0 N–H and O–H groups in total. The Kier molecular flexibility index (Phi) is 4.07. The Bertz CT molecular complexity index is 339. The number of ether oxygens (including phenoxy) is 1. The molecular weight excluding hydrogens is 251 g/mol. The lowest BCUT2D eigenvalue weighted by molar-refractivity contribution is -0.116. The molecule has 0 aromatic heterocycles. The number of carbonyl (C=O) groups is 1. The Morgan fingerprint density at radius 3 is 2.86 bits per heavy atom. The second kappa shape index (κ2) is 5.10. The van der Waals surface area contributed by atoms with Gasteiger partial charge in [-0.05, 0) is 40.5 Å². The van der Waals surface area contributed by atoms with Crippen LogP contribution in [0.15, 0.2) is 22.7 Å². The highest BCUT2D eigenvalue weighted by molar-refractivity contribution is 9.10. The van der Waals surface area contributed by atoms with Crippen molar-refractivity contribution < 1.29 is 13.9 Å². The van der Waals surface area contributed by atoms with Crippen molar-refractivity contribution in [3.8, 4) is 5.75 Å². The molecule has 2 nitrogen and oxygen atoms in total. The number of hydrogen-bond acceptors (Lipinski definition) is 2. The Morgan fingerprint density at radius 2 is 2.29 bits per heavy atom. The van der Waals surface area contributed by atoms with E-state index in [1.165, 1.54) is 6.92 Å². The third kappa shape index (κ3) is 3.10. The Morgan fingerprint density at radius 1 is 1.57 bits per heavy atom. The van der Waals surface area contributed by atoms with Crippen molar-refractivity contribution in [2.24, 2.45) is 0 Å². The molecule has 0 radical (unpaired) electrons. The summed E-state index contributed by atoms with van der Waals surface area (Å²) in [5.74, 6) is 0.491. The number of carbonyl (C=O) groups excluding carboxylic acids is 1. The van der Waals surface area contributed by atoms with E-state index in [9.17, 15) is 9.18 Å². The minimum atomic E-state index is -0.873. The summed E-state index contributed by atoms with van der Waals surface area (Å²) < 4.78 is 17.4. The van der Waals surface area contributed by atoms with Gasteiger partial charge in [0.25, 0.3) is 0 Å². The molecule has 1 rings (SSSR count). The van der Waals surface area contributed by atoms with Gasteiger partial charge in [-0.1, -0.05) is 6.07 Å². The normalized spacial score (nSPS) is 9.93. The van der Waals surface area contributed by atoms with Crippen LogP contribution in [0.3, 0.4) is 0 Å². The number of Topliss-reactive ketones (excluding diaryl/α,β-unsaturated/α-hetero) is 1. The van der Waals surface area contributed by atoms with E-state index in [0.717, 1.165) is 5.56 Å². The Hall–Kier alpha value is -0.900. The molecule has 0 atom stereocenters. The average Bonchev–Trinajstić information content (AvgIpc) is 2.10. The van der Waals surface area contributed by atoms with Gasteiger partial charge in [-0.15, -0.1) is 0 Å². The lowest BCUT2D eigenvalue weighted by Crippen LogP contribution is -1.98. The van der Waals surface area contributed by atoms with E-state index in [0.29, 0.717) is 16.6 Å². The molecule has 4 heteroatoms. The van der Waals surface area contributed by atoms with Crippen LogP contribution < -0.4 is 4.74 Å². The van der Waals surface area contributed by atoms with Gasteiger partial charge in [0.2, 0.25) is 6.86 Å². The Balaban J connectivity index is 2.88. The second-order valence-electron chi connectivity index (χ2n) is 2.90. The first-order valence-electron chi connectivity index (χ1n) is 4.10. The summed E-state index contributed by atoms with van der Waals surface area (Å²) in [7, 11) is 0. The Labute approximate surface area is 90.2 Å². The molecule has 0 spiro atoms. The molecule has 0 unspecified atom stereocenters. The van der Waals surface area contributed by atoms with Crippen molar-refractivity contribution in [1.29, 1.82) is 0 Å². The number of halogens is 2. The maximum atomic E-state index is 11.9. The quantitative estimate of drug-likeness (QED) is 0.833. The lowest BCUT2D eigenvalue weighted by atomic mass is 10.1. The van der Waals surface area contributed by atoms with Crippen molar-refractivity contribution in [1.82, 2.24) is 0 Å². The maximum Gasteiger partial charge on any atom is 0.228 e. The molecule has 0 bridgehead atoms. The van der Waals surface area contributed by atoms with Crippen LogP contribution >= 0.6 is 15.9 Å². The molecule has 0 amide bonds. The van der Waals surface area contributed by atoms with Crippen LogP contribution in [-0.2, 0) is 11.2 Å². The molecule has 0 aliphatic heterocycles. The topological polar surface area (TPSA) is 26.3 Å². The summed E-state index contributed by atoms with van der Waals surface area (Å²) in [5, 5.41) is 0. The maximum absolute atomic E-state index is 11.9. The van der Waals surface area contributed by atoms with Gasteiger partial charge in [0.1, 0.15) is 11.5 Å². The highest BCUT2D eigenvalue weighted by Gasteiger charge is 2.04. The molecule has 0 saturated heterocycles. The van der Waals surface area contributed by atoms with E-state index in [1.54, 1.807) is 18.2 Å². The number of rotatable bonds is 4. The van der Waals surface area contributed by atoms with Crippen LogP contribution in [0.4, 0.5) is 4.39 Å². The molecule has 1 aromatic rings. The van der Waals surface area contributed by atoms with E-state index in [1.807, 2.05) is 0 Å². The van der Waals surface area contributed by atoms with Crippen LogP contribution in [0.2, 0.25) is 0 Å². The SMILES string of the molecule is CC(=O)Cc1ccc(Br)c(OCF)c1. The van der Waals surface area contributed by atoms with E-state index < -0.39 is 6.86 Å². The summed E-state index contributed by atoms with van der Waals surface area (Å²) in [6.45, 7) is 0.639. The van der Waals surface area contributed by atoms with Crippen LogP contribution in [0.1, 0.15) is 12.5 Å². The van der Waals surface area contributed by atoms with Gasteiger partial charge in [-0.3, -0.25) is 4.79 Å². The predicted octanol–water partition coefficient (Wildman–Crippen LogP) is 2.89. The van der Waals surface area contributed by atoms with Crippen LogP contribution in [0.25, 0.3) is 0 Å². The zero-order chi connectivity index (χ0) is 10.6. The molecule has 0 fully saturated rings. The monoisotopic (exact) mass is 260 g/mol. The molecular formula is C10H10BrFO2. The first-order chi connectivity index (χ1) is 6.63. The first kappa shape index (κ1) is 11.2. The van der Waals surface area contributed by atoms with Crippen molar-refractivity contribution in [3.63, 3.8) is 0 Å². The summed E-state index contributed by atoms with van der Waals surface area (Å²) in [6.07, 6.45) is 0.343. The van der Waals surface area contributed by atoms with Gasteiger partial charge in [0.05, 0.1) is 4.47 Å². The number of hydrogen-bond donors (Lipinski definition) is 0. The van der Waals surface area contributed by atoms with Gasteiger partial charge >= 0.3 is 0 Å². The fraction of sp³-hybridized carbons (Fsp3) is 0.300. The van der Waals surface area contributed by atoms with Gasteiger partial charge in [0.15, 0.2) is 0 Å². The summed E-state index contributed by atoms with van der Waals surface area (Å²) >= 11 is 3.22. The lowest BCUT2D eigenvalue weighted by Gasteiger charge is -2.06. The molecule has 0 heterocycles. The standard InChI is InChI=1S/C10H10BrFO2/c1-7(13)4-8-2-3-9(11)10(5-8)14-6-12/h2-3,5H,4,6H2,1H3. The smallest absolute Gasteiger partial charge is 0.228 e. The van der Waals surface area contributed by atoms with E-state index in [4.69, 9.17) is 4.74 Å². The van der Waals surface area contributed by atoms with E-state index in [-0.39, 0.29) is 5.78 Å². The summed E-state index contributed by atoms with van der Waals surface area (Å²) in [6, 6.07) is 5.20. The number of benzene rings is 1. The van der Waals surface area contributed by atoms with Crippen molar-refractivity contribution in [2.75, 3.05) is 6.86 Å². The fourth-order valence-electron chi connectivity index (χ4n) is 1.11. The molecule has 76 valence electrons. The second-order valence-corrected chi connectivity index (χ2v) is 3.75. The number of ketones is 1. The average molecular weight is 261 g/mol. The van der Waals surface area contributed by atoms with Crippen molar-refractivity contribution in [3.05, 3.63) is 28.2 Å². The first-order valence-corrected chi connectivity index (χ1v) is 4.89. The van der Waals surface area contributed by atoms with E-state index >= 15 is 0 Å². The van der Waals surface area contributed by atoms with Crippen LogP contribution in [0, 0.1) is 0 Å². The largest absolute Gasteiger partial charge is 0.462 e. The molecule has 1 aromatic carbocycles. The zero-order valence-electron chi connectivity index (χ0n) is 7.72. The fourth-order valence-corrected chi connectivity index (χ4v) is 1.48. The van der Waals surface area contributed by atoms with Gasteiger partial charge in [-0.2, -0.15) is 0 Å². The summed E-state index contributed by atoms with van der Waals surface area (Å²) in [4.78, 5) is 10.8. The third-order valence-electron chi connectivity index (χ3n) is 1.66.